The van der Waals surface area contributed by atoms with E-state index in [1.165, 1.54) is 75.1 Å². The van der Waals surface area contributed by atoms with Gasteiger partial charge in [-0.2, -0.15) is 0 Å². The highest BCUT2D eigenvalue weighted by Gasteiger charge is 2.38. The SMILES string of the molecule is COc1ccc2c(c1)C1c3[nH]c4ccccc4c3Cc3ccccc3N1C(C1=CCCCC1)=C2. The van der Waals surface area contributed by atoms with Gasteiger partial charge < -0.3 is 14.6 Å². The van der Waals surface area contributed by atoms with Crippen LogP contribution >= 0.6 is 0 Å². The molecule has 1 N–H and O–H groups in total. The van der Waals surface area contributed by atoms with E-state index in [1.54, 1.807) is 7.11 Å². The summed E-state index contributed by atoms with van der Waals surface area (Å²) in [5, 5.41) is 1.33. The van der Waals surface area contributed by atoms with E-state index in [1.807, 2.05) is 0 Å². The Morgan fingerprint density at radius 1 is 0.971 bits per heavy atom. The summed E-state index contributed by atoms with van der Waals surface area (Å²) in [6, 6.07) is 24.3. The number of ether oxygens (including phenoxy) is 1. The van der Waals surface area contributed by atoms with Gasteiger partial charge in [0.25, 0.3) is 0 Å². The first kappa shape index (κ1) is 19.7. The second-order valence-corrected chi connectivity index (χ2v) is 9.64. The molecule has 168 valence electrons. The second kappa shape index (κ2) is 7.66. The minimum Gasteiger partial charge on any atom is -0.497 e. The number of aromatic amines is 1. The van der Waals surface area contributed by atoms with Gasteiger partial charge in [-0.1, -0.05) is 48.5 Å². The first-order chi connectivity index (χ1) is 16.8. The molecule has 7 rings (SSSR count). The van der Waals surface area contributed by atoms with Gasteiger partial charge in [0.1, 0.15) is 11.8 Å². The van der Waals surface area contributed by atoms with E-state index in [0.717, 1.165) is 18.6 Å². The Balaban J connectivity index is 1.58. The fourth-order valence-corrected chi connectivity index (χ4v) is 6.15. The van der Waals surface area contributed by atoms with Crippen LogP contribution in [-0.2, 0) is 6.42 Å². The molecule has 3 aromatic carbocycles. The van der Waals surface area contributed by atoms with Gasteiger partial charge in [0.05, 0.1) is 7.11 Å². The summed E-state index contributed by atoms with van der Waals surface area (Å²) in [6.45, 7) is 0. The number of hydrogen-bond donors (Lipinski definition) is 1. The molecular formula is C31H28N2O. The van der Waals surface area contributed by atoms with Gasteiger partial charge in [-0.25, -0.2) is 0 Å². The smallest absolute Gasteiger partial charge is 0.119 e. The van der Waals surface area contributed by atoms with Crippen LogP contribution in [0.3, 0.4) is 0 Å². The average Bonchev–Trinajstić information content (AvgIpc) is 3.18. The Morgan fingerprint density at radius 2 is 1.85 bits per heavy atom. The monoisotopic (exact) mass is 444 g/mol. The average molecular weight is 445 g/mol. The van der Waals surface area contributed by atoms with E-state index in [0.29, 0.717) is 0 Å². The number of rotatable bonds is 2. The van der Waals surface area contributed by atoms with Gasteiger partial charge >= 0.3 is 0 Å². The lowest BCUT2D eigenvalue weighted by molar-refractivity contribution is 0.414. The highest BCUT2D eigenvalue weighted by molar-refractivity contribution is 5.88. The fourth-order valence-electron chi connectivity index (χ4n) is 6.15. The number of allylic oxidation sites excluding steroid dienone is 2. The molecule has 3 nitrogen and oxygen atoms in total. The van der Waals surface area contributed by atoms with Crippen molar-refractivity contribution in [2.75, 3.05) is 12.0 Å². The molecule has 3 heteroatoms. The van der Waals surface area contributed by atoms with Gasteiger partial charge in [-0.3, -0.25) is 0 Å². The van der Waals surface area contributed by atoms with Crippen molar-refractivity contribution in [3.05, 3.63) is 112 Å². The largest absolute Gasteiger partial charge is 0.497 e. The number of para-hydroxylation sites is 2. The number of hydrogen-bond acceptors (Lipinski definition) is 2. The van der Waals surface area contributed by atoms with Crippen LogP contribution in [0.5, 0.6) is 5.75 Å². The number of anilines is 1. The molecule has 1 atom stereocenters. The van der Waals surface area contributed by atoms with Crippen LogP contribution in [0.25, 0.3) is 17.0 Å². The molecule has 0 spiro atoms. The van der Waals surface area contributed by atoms with Gasteiger partial charge in [-0.05, 0) is 83.9 Å². The van der Waals surface area contributed by atoms with Crippen molar-refractivity contribution in [3.63, 3.8) is 0 Å². The summed E-state index contributed by atoms with van der Waals surface area (Å²) in [5.41, 5.74) is 12.0. The predicted octanol–water partition coefficient (Wildman–Crippen LogP) is 7.53. The summed E-state index contributed by atoms with van der Waals surface area (Å²) < 4.78 is 5.69. The zero-order valence-electron chi connectivity index (χ0n) is 19.5. The summed E-state index contributed by atoms with van der Waals surface area (Å²) in [5.74, 6) is 0.905. The number of methoxy groups -OCH3 is 1. The first-order valence-electron chi connectivity index (χ1n) is 12.4. The number of benzene rings is 3. The number of nitrogens with one attached hydrogen (secondary N) is 1. The molecule has 0 fully saturated rings. The molecule has 1 aliphatic carbocycles. The van der Waals surface area contributed by atoms with E-state index in [2.05, 4.69) is 88.8 Å². The van der Waals surface area contributed by atoms with Crippen LogP contribution in [0.2, 0.25) is 0 Å². The van der Waals surface area contributed by atoms with Crippen LogP contribution in [0.15, 0.2) is 84.1 Å². The molecule has 0 bridgehead atoms. The molecule has 0 saturated carbocycles. The third-order valence-electron chi connectivity index (χ3n) is 7.76. The maximum absolute atomic E-state index is 5.69. The van der Waals surface area contributed by atoms with Crippen molar-refractivity contribution in [2.24, 2.45) is 0 Å². The molecular weight excluding hydrogens is 416 g/mol. The minimum atomic E-state index is 0.0685. The quantitative estimate of drug-likeness (QED) is 0.346. The Hall–Kier alpha value is -3.72. The molecule has 0 saturated heterocycles. The van der Waals surface area contributed by atoms with E-state index in [9.17, 15) is 0 Å². The zero-order chi connectivity index (χ0) is 22.6. The lowest BCUT2D eigenvalue weighted by Gasteiger charge is -2.40. The molecule has 3 heterocycles. The van der Waals surface area contributed by atoms with Crippen LogP contribution in [0.1, 0.15) is 59.7 Å². The van der Waals surface area contributed by atoms with E-state index in [-0.39, 0.29) is 6.04 Å². The lowest BCUT2D eigenvalue weighted by atomic mass is 9.86. The third kappa shape index (κ3) is 2.89. The Bertz CT molecular complexity index is 1490. The van der Waals surface area contributed by atoms with Crippen molar-refractivity contribution in [3.8, 4) is 5.75 Å². The van der Waals surface area contributed by atoms with E-state index >= 15 is 0 Å². The summed E-state index contributed by atoms with van der Waals surface area (Å²) in [6.07, 6.45) is 10.7. The van der Waals surface area contributed by atoms with Crippen LogP contribution < -0.4 is 9.64 Å². The van der Waals surface area contributed by atoms with E-state index < -0.39 is 0 Å². The van der Waals surface area contributed by atoms with Crippen LogP contribution in [0, 0.1) is 0 Å². The van der Waals surface area contributed by atoms with Gasteiger partial charge in [0, 0.05) is 34.4 Å². The molecule has 1 unspecified atom stereocenters. The Morgan fingerprint density at radius 3 is 2.74 bits per heavy atom. The van der Waals surface area contributed by atoms with E-state index in [4.69, 9.17) is 4.74 Å². The standard InChI is InChI=1S/C31H28N2O/c1-34-23-16-15-21-18-29(20-9-3-2-4-10-20)33-28-14-8-5-11-22(28)17-26-24-12-6-7-13-27(24)32-30(26)31(33)25(21)19-23/h5-9,11-16,18-19,31-32H,2-4,10,17H2,1H3. The van der Waals surface area contributed by atoms with Gasteiger partial charge in [0.2, 0.25) is 0 Å². The summed E-state index contributed by atoms with van der Waals surface area (Å²) in [4.78, 5) is 6.47. The van der Waals surface area contributed by atoms with Gasteiger partial charge in [0.15, 0.2) is 0 Å². The molecule has 0 amide bonds. The van der Waals surface area contributed by atoms with Gasteiger partial charge in [-0.15, -0.1) is 0 Å². The maximum Gasteiger partial charge on any atom is 0.119 e. The highest BCUT2D eigenvalue weighted by Crippen LogP contribution is 2.50. The lowest BCUT2D eigenvalue weighted by Crippen LogP contribution is -2.33. The summed E-state index contributed by atoms with van der Waals surface area (Å²) >= 11 is 0. The molecule has 1 aromatic heterocycles. The Kier molecular flexibility index (Phi) is 4.45. The number of aromatic nitrogens is 1. The number of nitrogens with zero attached hydrogens (tertiary/aromatic N) is 1. The molecule has 2 aliphatic heterocycles. The molecule has 0 radical (unpaired) electrons. The van der Waals surface area contributed by atoms with Crippen molar-refractivity contribution in [1.82, 2.24) is 4.98 Å². The fraction of sp³-hybridized carbons (Fsp3) is 0.226. The zero-order valence-corrected chi connectivity index (χ0v) is 19.5. The normalized spacial score (nSPS) is 18.7. The molecule has 3 aliphatic rings. The van der Waals surface area contributed by atoms with Crippen molar-refractivity contribution < 1.29 is 4.74 Å². The molecule has 34 heavy (non-hydrogen) atoms. The minimum absolute atomic E-state index is 0.0685. The topological polar surface area (TPSA) is 28.3 Å². The van der Waals surface area contributed by atoms with Crippen LogP contribution in [-0.4, -0.2) is 12.1 Å². The second-order valence-electron chi connectivity index (χ2n) is 9.64. The van der Waals surface area contributed by atoms with Crippen molar-refractivity contribution >= 4 is 22.7 Å². The number of fused-ring (bicyclic) bond motifs is 9. The Labute approximate surface area is 200 Å². The van der Waals surface area contributed by atoms with Crippen molar-refractivity contribution in [2.45, 2.75) is 38.1 Å². The van der Waals surface area contributed by atoms with Crippen LogP contribution in [0.4, 0.5) is 5.69 Å². The highest BCUT2D eigenvalue weighted by atomic mass is 16.5. The number of H-pyrrole nitrogens is 1. The predicted molar refractivity (Wildman–Crippen MR) is 139 cm³/mol. The summed E-state index contributed by atoms with van der Waals surface area (Å²) in [7, 11) is 1.76. The van der Waals surface area contributed by atoms with Crippen molar-refractivity contribution in [1.29, 1.82) is 0 Å². The molecule has 4 aromatic rings. The third-order valence-corrected chi connectivity index (χ3v) is 7.76. The first-order valence-corrected chi connectivity index (χ1v) is 12.4. The maximum atomic E-state index is 5.69.